The largest absolute Gasteiger partial charge is 0.342 e. The Bertz CT molecular complexity index is 773. The van der Waals surface area contributed by atoms with Gasteiger partial charge in [-0.3, -0.25) is 19.3 Å². The fourth-order valence-electron chi connectivity index (χ4n) is 3.96. The Morgan fingerprint density at radius 1 is 1.07 bits per heavy atom. The first kappa shape index (κ1) is 21.6. The van der Waals surface area contributed by atoms with E-state index < -0.39 is 0 Å². The fourth-order valence-corrected chi connectivity index (χ4v) is 4.13. The number of likely N-dealkylation sites (N-methyl/N-ethyl adjacent to an activating group) is 1. The number of carbonyl (C=O) groups excluding carboxylic acids is 3. The summed E-state index contributed by atoms with van der Waals surface area (Å²) < 4.78 is 0. The molecule has 0 unspecified atom stereocenters. The number of piperazine rings is 1. The molecule has 0 radical (unpaired) electrons. The number of rotatable bonds is 6. The van der Waals surface area contributed by atoms with Crippen molar-refractivity contribution < 1.29 is 14.4 Å². The third kappa shape index (κ3) is 4.90. The van der Waals surface area contributed by atoms with Crippen LogP contribution in [0.25, 0.3) is 0 Å². The molecule has 3 amide bonds. The second-order valence-corrected chi connectivity index (χ2v) is 7.88. The minimum atomic E-state index is -0.0916. The number of halogens is 1. The van der Waals surface area contributed by atoms with Gasteiger partial charge in [0.2, 0.25) is 11.8 Å². The predicted octanol–water partition coefficient (Wildman–Crippen LogP) is 2.09. The molecule has 0 bridgehead atoms. The van der Waals surface area contributed by atoms with Crippen LogP contribution in [0.3, 0.4) is 0 Å². The monoisotopic (exact) mass is 420 g/mol. The van der Waals surface area contributed by atoms with Gasteiger partial charge in [-0.05, 0) is 38.5 Å². The van der Waals surface area contributed by atoms with Gasteiger partial charge in [-0.15, -0.1) is 0 Å². The Morgan fingerprint density at radius 2 is 1.76 bits per heavy atom. The molecule has 8 heteroatoms. The van der Waals surface area contributed by atoms with E-state index in [2.05, 4.69) is 4.90 Å². The van der Waals surface area contributed by atoms with E-state index in [9.17, 15) is 14.4 Å². The third-order valence-corrected chi connectivity index (χ3v) is 5.92. The van der Waals surface area contributed by atoms with Gasteiger partial charge in [0.05, 0.1) is 17.8 Å². The number of nitrogens with zero attached hydrogens (tertiary/aromatic N) is 4. The van der Waals surface area contributed by atoms with Crippen molar-refractivity contribution in [2.45, 2.75) is 26.7 Å². The molecular formula is C21H29ClN4O3. The van der Waals surface area contributed by atoms with E-state index >= 15 is 0 Å². The molecule has 1 aromatic rings. The SMILES string of the molecule is CCN(CC)C(=O)CN1CCN(C(=O)c2ccc(Cl)cc2N2CCCC2=O)CC1. The van der Waals surface area contributed by atoms with Gasteiger partial charge in [-0.1, -0.05) is 11.6 Å². The van der Waals surface area contributed by atoms with Crippen molar-refractivity contribution in [1.82, 2.24) is 14.7 Å². The number of amides is 3. The van der Waals surface area contributed by atoms with Crippen molar-refractivity contribution in [3.63, 3.8) is 0 Å². The smallest absolute Gasteiger partial charge is 0.256 e. The highest BCUT2D eigenvalue weighted by atomic mass is 35.5. The van der Waals surface area contributed by atoms with E-state index in [1.54, 1.807) is 28.0 Å². The second kappa shape index (κ2) is 9.59. The molecule has 2 heterocycles. The van der Waals surface area contributed by atoms with Crippen LogP contribution in [0.4, 0.5) is 5.69 Å². The standard InChI is InChI=1S/C21H29ClN4O3/c1-3-24(4-2)20(28)15-23-10-12-25(13-11-23)21(29)17-8-7-16(22)14-18(17)26-9-5-6-19(26)27/h7-8,14H,3-6,9-13,15H2,1-2H3. The Hall–Kier alpha value is -2.12. The maximum atomic E-state index is 13.2. The summed E-state index contributed by atoms with van der Waals surface area (Å²) in [6.45, 7) is 8.80. The zero-order valence-electron chi connectivity index (χ0n) is 17.2. The van der Waals surface area contributed by atoms with E-state index in [0.29, 0.717) is 75.1 Å². The Labute approximate surface area is 177 Å². The van der Waals surface area contributed by atoms with Gasteiger partial charge in [0, 0.05) is 57.3 Å². The third-order valence-electron chi connectivity index (χ3n) is 5.69. The van der Waals surface area contributed by atoms with Gasteiger partial charge in [-0.25, -0.2) is 0 Å². The molecule has 0 aromatic heterocycles. The van der Waals surface area contributed by atoms with Crippen LogP contribution in [0.15, 0.2) is 18.2 Å². The summed E-state index contributed by atoms with van der Waals surface area (Å²) in [5, 5.41) is 0.510. The number of hydrogen-bond acceptors (Lipinski definition) is 4. The lowest BCUT2D eigenvalue weighted by atomic mass is 10.1. The molecule has 3 rings (SSSR count). The van der Waals surface area contributed by atoms with Crippen LogP contribution < -0.4 is 4.90 Å². The van der Waals surface area contributed by atoms with Gasteiger partial charge in [0.1, 0.15) is 0 Å². The lowest BCUT2D eigenvalue weighted by molar-refractivity contribution is -0.132. The molecule has 0 aliphatic carbocycles. The fraction of sp³-hybridized carbons (Fsp3) is 0.571. The zero-order valence-corrected chi connectivity index (χ0v) is 18.0. The summed E-state index contributed by atoms with van der Waals surface area (Å²) in [7, 11) is 0. The van der Waals surface area contributed by atoms with Crippen LogP contribution in [0.1, 0.15) is 37.0 Å². The normalized spacial score (nSPS) is 17.7. The number of anilines is 1. The molecule has 2 fully saturated rings. The molecule has 2 aliphatic rings. The van der Waals surface area contributed by atoms with Crippen molar-refractivity contribution in [3.8, 4) is 0 Å². The first-order valence-electron chi connectivity index (χ1n) is 10.3. The van der Waals surface area contributed by atoms with Crippen LogP contribution in [-0.2, 0) is 9.59 Å². The molecule has 29 heavy (non-hydrogen) atoms. The molecule has 2 saturated heterocycles. The average Bonchev–Trinajstić information content (AvgIpc) is 3.14. The van der Waals surface area contributed by atoms with Crippen LogP contribution >= 0.6 is 11.6 Å². The first-order chi connectivity index (χ1) is 13.9. The Balaban J connectivity index is 1.65. The number of benzene rings is 1. The van der Waals surface area contributed by atoms with Gasteiger partial charge in [-0.2, -0.15) is 0 Å². The highest BCUT2D eigenvalue weighted by molar-refractivity contribution is 6.31. The minimum absolute atomic E-state index is 0.0288. The van der Waals surface area contributed by atoms with E-state index in [1.165, 1.54) is 0 Å². The van der Waals surface area contributed by atoms with E-state index in [0.717, 1.165) is 6.42 Å². The minimum Gasteiger partial charge on any atom is -0.342 e. The van der Waals surface area contributed by atoms with Crippen LogP contribution in [0.2, 0.25) is 5.02 Å². The summed E-state index contributed by atoms with van der Waals surface area (Å²) in [6.07, 6.45) is 1.29. The van der Waals surface area contributed by atoms with Crippen molar-refractivity contribution in [3.05, 3.63) is 28.8 Å². The lowest BCUT2D eigenvalue weighted by Gasteiger charge is -2.35. The summed E-state index contributed by atoms with van der Waals surface area (Å²) >= 11 is 6.14. The van der Waals surface area contributed by atoms with E-state index in [-0.39, 0.29) is 17.7 Å². The van der Waals surface area contributed by atoms with E-state index in [1.807, 2.05) is 18.7 Å². The maximum absolute atomic E-state index is 13.2. The summed E-state index contributed by atoms with van der Waals surface area (Å²) in [4.78, 5) is 45.1. The summed E-state index contributed by atoms with van der Waals surface area (Å²) in [6, 6.07) is 5.11. The maximum Gasteiger partial charge on any atom is 0.256 e. The Morgan fingerprint density at radius 3 is 2.34 bits per heavy atom. The average molecular weight is 421 g/mol. The lowest BCUT2D eigenvalue weighted by Crippen LogP contribution is -2.51. The molecule has 158 valence electrons. The highest BCUT2D eigenvalue weighted by Crippen LogP contribution is 2.29. The van der Waals surface area contributed by atoms with Gasteiger partial charge in [0.15, 0.2) is 0 Å². The van der Waals surface area contributed by atoms with Crippen LogP contribution in [0, 0.1) is 0 Å². The van der Waals surface area contributed by atoms with Crippen molar-refractivity contribution in [2.24, 2.45) is 0 Å². The van der Waals surface area contributed by atoms with Gasteiger partial charge < -0.3 is 14.7 Å². The molecule has 7 nitrogen and oxygen atoms in total. The predicted molar refractivity (Wildman–Crippen MR) is 113 cm³/mol. The van der Waals surface area contributed by atoms with Crippen molar-refractivity contribution in [2.75, 3.05) is 57.3 Å². The highest BCUT2D eigenvalue weighted by Gasteiger charge is 2.30. The van der Waals surface area contributed by atoms with E-state index in [4.69, 9.17) is 11.6 Å². The summed E-state index contributed by atoms with van der Waals surface area (Å²) in [5.74, 6) is 0.0643. The number of carbonyl (C=O) groups is 3. The topological polar surface area (TPSA) is 64.2 Å². The zero-order chi connectivity index (χ0) is 21.0. The van der Waals surface area contributed by atoms with Gasteiger partial charge >= 0.3 is 0 Å². The quantitative estimate of drug-likeness (QED) is 0.707. The molecular weight excluding hydrogens is 392 g/mol. The molecule has 0 atom stereocenters. The van der Waals surface area contributed by atoms with Crippen molar-refractivity contribution >= 4 is 35.0 Å². The number of hydrogen-bond donors (Lipinski definition) is 0. The molecule has 2 aliphatic heterocycles. The van der Waals surface area contributed by atoms with Crippen LogP contribution in [0.5, 0.6) is 0 Å². The molecule has 0 spiro atoms. The van der Waals surface area contributed by atoms with Crippen LogP contribution in [-0.4, -0.2) is 84.8 Å². The Kier molecular flexibility index (Phi) is 7.14. The van der Waals surface area contributed by atoms with Gasteiger partial charge in [0.25, 0.3) is 5.91 Å². The summed E-state index contributed by atoms with van der Waals surface area (Å²) in [5.41, 5.74) is 1.11. The van der Waals surface area contributed by atoms with Crippen molar-refractivity contribution in [1.29, 1.82) is 0 Å². The molecule has 0 saturated carbocycles. The second-order valence-electron chi connectivity index (χ2n) is 7.44. The molecule has 1 aromatic carbocycles. The first-order valence-corrected chi connectivity index (χ1v) is 10.7. The molecule has 0 N–H and O–H groups in total.